The average molecular weight is 462 g/mol. The number of aromatic carboxylic acids is 2. The molecule has 0 spiro atoms. The normalized spacial score (nSPS) is 9.50. The lowest BCUT2D eigenvalue weighted by atomic mass is 10.2. The maximum atomic E-state index is 10.7. The molecule has 0 heterocycles. The van der Waals surface area contributed by atoms with E-state index in [1.807, 2.05) is 0 Å². The van der Waals surface area contributed by atoms with Gasteiger partial charge in [0.2, 0.25) is 0 Å². The van der Waals surface area contributed by atoms with Crippen LogP contribution < -0.4 is 9.47 Å². The Morgan fingerprint density at radius 3 is 1.79 bits per heavy atom. The van der Waals surface area contributed by atoms with E-state index in [2.05, 4.69) is 31.9 Å². The minimum absolute atomic E-state index is 0.137. The van der Waals surface area contributed by atoms with Gasteiger partial charge in [0.15, 0.2) is 0 Å². The Bertz CT molecular complexity index is 745. The molecule has 0 aliphatic rings. The lowest BCUT2D eigenvalue weighted by Gasteiger charge is -2.06. The molecule has 0 fully saturated rings. The number of carbonyl (C=O) groups is 2. The van der Waals surface area contributed by atoms with Gasteiger partial charge in [0, 0.05) is 8.95 Å². The van der Waals surface area contributed by atoms with Crippen molar-refractivity contribution in [3.63, 3.8) is 0 Å². The van der Waals surface area contributed by atoms with Gasteiger partial charge < -0.3 is 19.7 Å². The van der Waals surface area contributed by atoms with E-state index < -0.39 is 11.9 Å². The van der Waals surface area contributed by atoms with Crippen molar-refractivity contribution < 1.29 is 29.3 Å². The maximum Gasteiger partial charge on any atom is 0.339 e. The molecule has 2 N–H and O–H groups in total. The molecule has 6 nitrogen and oxygen atoms in total. The van der Waals surface area contributed by atoms with Crippen LogP contribution in [0.2, 0.25) is 0 Å². The number of carboxylic acid groups (broad SMARTS) is 2. The topological polar surface area (TPSA) is 93.1 Å². The Kier molecular flexibility index (Phi) is 7.73. The first kappa shape index (κ1) is 20.0. The second-order valence-corrected chi connectivity index (χ2v) is 5.99. The fourth-order valence-corrected chi connectivity index (χ4v) is 2.35. The van der Waals surface area contributed by atoms with E-state index in [4.69, 9.17) is 19.7 Å². The number of hydrogen-bond donors (Lipinski definition) is 2. The van der Waals surface area contributed by atoms with E-state index >= 15 is 0 Å². The van der Waals surface area contributed by atoms with Crippen LogP contribution in [0.15, 0.2) is 45.3 Å². The molecule has 0 atom stereocenters. The molecule has 24 heavy (non-hydrogen) atoms. The molecule has 0 amide bonds. The standard InChI is InChI=1S/C8H6Br2O3.C8H8O3/c1-13-7-3-6(10)5(9)2-4(7)8(11)12;1-11-7-5-3-2-4-6(7)8(9)10/h2-3H,1H3,(H,11,12);2-5H,1H3,(H,9,10). The van der Waals surface area contributed by atoms with Crippen LogP contribution in [0.1, 0.15) is 20.7 Å². The van der Waals surface area contributed by atoms with Crippen LogP contribution in [0, 0.1) is 0 Å². The molecule has 2 rings (SSSR count). The second-order valence-electron chi connectivity index (χ2n) is 4.28. The Balaban J connectivity index is 0.000000243. The average Bonchev–Trinajstić information content (AvgIpc) is 2.57. The third kappa shape index (κ3) is 5.24. The van der Waals surface area contributed by atoms with Crippen molar-refractivity contribution in [2.75, 3.05) is 14.2 Å². The molecule has 128 valence electrons. The zero-order valence-corrected chi connectivity index (χ0v) is 15.9. The molecule has 0 unspecified atom stereocenters. The summed E-state index contributed by atoms with van der Waals surface area (Å²) in [5.74, 6) is -1.25. The summed E-state index contributed by atoms with van der Waals surface area (Å²) in [5, 5.41) is 17.4. The molecule has 0 saturated heterocycles. The van der Waals surface area contributed by atoms with Gasteiger partial charge in [-0.1, -0.05) is 12.1 Å². The zero-order chi connectivity index (χ0) is 18.3. The van der Waals surface area contributed by atoms with Crippen molar-refractivity contribution in [1.29, 1.82) is 0 Å². The minimum Gasteiger partial charge on any atom is -0.496 e. The lowest BCUT2D eigenvalue weighted by Crippen LogP contribution is -2.00. The number of halogens is 2. The summed E-state index contributed by atoms with van der Waals surface area (Å²) < 4.78 is 11.2. The summed E-state index contributed by atoms with van der Waals surface area (Å²) in [7, 11) is 2.88. The fraction of sp³-hybridized carbons (Fsp3) is 0.125. The largest absolute Gasteiger partial charge is 0.496 e. The van der Waals surface area contributed by atoms with Crippen LogP contribution in [-0.4, -0.2) is 36.4 Å². The van der Waals surface area contributed by atoms with Crippen molar-refractivity contribution in [1.82, 2.24) is 0 Å². The van der Waals surface area contributed by atoms with Crippen LogP contribution >= 0.6 is 31.9 Å². The number of carboxylic acids is 2. The molecule has 0 aromatic heterocycles. The van der Waals surface area contributed by atoms with Gasteiger partial charge in [0.25, 0.3) is 0 Å². The summed E-state index contributed by atoms with van der Waals surface area (Å²) in [6.07, 6.45) is 0. The Hall–Kier alpha value is -2.06. The second kappa shape index (κ2) is 9.29. The molecule has 0 saturated carbocycles. The van der Waals surface area contributed by atoms with Crippen LogP contribution in [0.5, 0.6) is 11.5 Å². The highest BCUT2D eigenvalue weighted by molar-refractivity contribution is 9.13. The van der Waals surface area contributed by atoms with Gasteiger partial charge in [-0.15, -0.1) is 0 Å². The quantitative estimate of drug-likeness (QED) is 0.704. The van der Waals surface area contributed by atoms with E-state index in [0.717, 1.165) is 4.47 Å². The van der Waals surface area contributed by atoms with E-state index in [0.29, 0.717) is 16.0 Å². The van der Waals surface area contributed by atoms with Crippen molar-refractivity contribution in [3.8, 4) is 11.5 Å². The Morgan fingerprint density at radius 1 is 0.833 bits per heavy atom. The number of hydrogen-bond acceptors (Lipinski definition) is 4. The van der Waals surface area contributed by atoms with Gasteiger partial charge in [-0.2, -0.15) is 0 Å². The fourth-order valence-electron chi connectivity index (χ4n) is 1.69. The van der Waals surface area contributed by atoms with Crippen LogP contribution in [0.25, 0.3) is 0 Å². The van der Waals surface area contributed by atoms with E-state index in [9.17, 15) is 9.59 Å². The third-order valence-corrected chi connectivity index (χ3v) is 4.65. The van der Waals surface area contributed by atoms with Crippen LogP contribution in [0.4, 0.5) is 0 Å². The lowest BCUT2D eigenvalue weighted by molar-refractivity contribution is 0.0682. The summed E-state index contributed by atoms with van der Waals surface area (Å²) in [6.45, 7) is 0. The smallest absolute Gasteiger partial charge is 0.339 e. The van der Waals surface area contributed by atoms with E-state index in [1.165, 1.54) is 26.4 Å². The van der Waals surface area contributed by atoms with E-state index in [1.54, 1.807) is 24.3 Å². The Morgan fingerprint density at radius 2 is 1.33 bits per heavy atom. The van der Waals surface area contributed by atoms with Crippen LogP contribution in [0.3, 0.4) is 0 Å². The summed E-state index contributed by atoms with van der Waals surface area (Å²) in [6, 6.07) is 9.60. The summed E-state index contributed by atoms with van der Waals surface area (Å²) in [5.41, 5.74) is 0.326. The number of methoxy groups -OCH3 is 2. The molecule has 2 aromatic carbocycles. The molecule has 0 bridgehead atoms. The van der Waals surface area contributed by atoms with Crippen molar-refractivity contribution in [2.24, 2.45) is 0 Å². The molecule has 0 aliphatic carbocycles. The van der Waals surface area contributed by atoms with Crippen molar-refractivity contribution >= 4 is 43.8 Å². The highest BCUT2D eigenvalue weighted by atomic mass is 79.9. The van der Waals surface area contributed by atoms with E-state index in [-0.39, 0.29) is 11.1 Å². The van der Waals surface area contributed by atoms with Gasteiger partial charge >= 0.3 is 11.9 Å². The van der Waals surface area contributed by atoms with Gasteiger partial charge in [0.1, 0.15) is 22.6 Å². The minimum atomic E-state index is -1.01. The number of benzene rings is 2. The highest BCUT2D eigenvalue weighted by Gasteiger charge is 2.13. The molecular formula is C16H14Br2O6. The predicted molar refractivity (Wildman–Crippen MR) is 95.3 cm³/mol. The molecule has 0 radical (unpaired) electrons. The molecule has 0 aliphatic heterocycles. The number of rotatable bonds is 4. The highest BCUT2D eigenvalue weighted by Crippen LogP contribution is 2.30. The first-order chi connectivity index (χ1) is 11.3. The monoisotopic (exact) mass is 460 g/mol. The molecular weight excluding hydrogens is 448 g/mol. The SMILES string of the molecule is COc1cc(Br)c(Br)cc1C(=O)O.COc1ccccc1C(=O)O. The maximum absolute atomic E-state index is 10.7. The Labute approximate surface area is 155 Å². The number of para-hydroxylation sites is 1. The van der Waals surface area contributed by atoms with Gasteiger partial charge in [-0.05, 0) is 56.1 Å². The van der Waals surface area contributed by atoms with Gasteiger partial charge in [-0.25, -0.2) is 9.59 Å². The van der Waals surface area contributed by atoms with Crippen molar-refractivity contribution in [3.05, 3.63) is 56.5 Å². The third-order valence-electron chi connectivity index (χ3n) is 2.81. The van der Waals surface area contributed by atoms with Gasteiger partial charge in [0.05, 0.1) is 14.2 Å². The van der Waals surface area contributed by atoms with Crippen molar-refractivity contribution in [2.45, 2.75) is 0 Å². The first-order valence-electron chi connectivity index (χ1n) is 6.44. The summed E-state index contributed by atoms with van der Waals surface area (Å²) in [4.78, 5) is 21.2. The predicted octanol–water partition coefficient (Wildman–Crippen LogP) is 4.31. The number of ether oxygens (including phenoxy) is 2. The van der Waals surface area contributed by atoms with Crippen LogP contribution in [-0.2, 0) is 0 Å². The molecule has 2 aromatic rings. The summed E-state index contributed by atoms with van der Waals surface area (Å²) >= 11 is 6.46. The zero-order valence-electron chi connectivity index (χ0n) is 12.7. The molecule has 8 heteroatoms. The van der Waals surface area contributed by atoms with Gasteiger partial charge in [-0.3, -0.25) is 0 Å². The first-order valence-corrected chi connectivity index (χ1v) is 8.03.